The van der Waals surface area contributed by atoms with E-state index >= 15 is 0 Å². The normalized spacial score (nSPS) is 21.5. The van der Waals surface area contributed by atoms with Crippen molar-refractivity contribution in [3.63, 3.8) is 0 Å². The Labute approximate surface area is 153 Å². The quantitative estimate of drug-likeness (QED) is 0.835. The van der Waals surface area contributed by atoms with Crippen molar-refractivity contribution in [3.8, 4) is 11.5 Å². The lowest BCUT2D eigenvalue weighted by molar-refractivity contribution is -0.148. The number of nitrogens with one attached hydrogen (secondary N) is 1. The number of benzene rings is 1. The molecule has 6 nitrogen and oxygen atoms in total. The Balaban J connectivity index is 1.87. The van der Waals surface area contributed by atoms with Crippen molar-refractivity contribution in [1.29, 1.82) is 0 Å². The Kier molecular flexibility index (Phi) is 5.71. The molecule has 1 aliphatic carbocycles. The van der Waals surface area contributed by atoms with Gasteiger partial charge in [0.25, 0.3) is 5.91 Å². The largest absolute Gasteiger partial charge is 0.493 e. The first-order chi connectivity index (χ1) is 12.1. The second-order valence-corrected chi connectivity index (χ2v) is 6.86. The van der Waals surface area contributed by atoms with Crippen molar-refractivity contribution in [2.45, 2.75) is 38.0 Å². The third kappa shape index (κ3) is 3.86. The number of ether oxygens (including phenoxy) is 3. The van der Waals surface area contributed by atoms with E-state index < -0.39 is 6.10 Å². The fraction of sp³-hybridized carbons (Fsp3) is 0.611. The molecule has 2 fully saturated rings. The van der Waals surface area contributed by atoms with Crippen molar-refractivity contribution in [2.75, 3.05) is 33.9 Å². The molecule has 2 atom stereocenters. The van der Waals surface area contributed by atoms with E-state index in [2.05, 4.69) is 5.32 Å². The summed E-state index contributed by atoms with van der Waals surface area (Å²) in [5.74, 6) is 1.10. The second kappa shape index (κ2) is 7.81. The van der Waals surface area contributed by atoms with Gasteiger partial charge in [0.05, 0.1) is 31.9 Å². The monoisotopic (exact) mass is 368 g/mol. The minimum absolute atomic E-state index is 0.0353. The van der Waals surface area contributed by atoms with Gasteiger partial charge in [0.15, 0.2) is 11.5 Å². The lowest BCUT2D eigenvalue weighted by Crippen LogP contribution is -2.50. The molecule has 0 unspecified atom stereocenters. The summed E-state index contributed by atoms with van der Waals surface area (Å²) in [4.78, 5) is 15.0. The fourth-order valence-electron chi connectivity index (χ4n) is 3.27. The van der Waals surface area contributed by atoms with Gasteiger partial charge in [-0.15, -0.1) is 0 Å². The van der Waals surface area contributed by atoms with Gasteiger partial charge < -0.3 is 24.4 Å². The van der Waals surface area contributed by atoms with Crippen LogP contribution in [0.4, 0.5) is 0 Å². The molecule has 1 N–H and O–H groups in total. The van der Waals surface area contributed by atoms with Gasteiger partial charge in [-0.3, -0.25) is 4.79 Å². The summed E-state index contributed by atoms with van der Waals surface area (Å²) >= 11 is 6.34. The summed E-state index contributed by atoms with van der Waals surface area (Å²) in [5.41, 5.74) is 0.923. The smallest absolute Gasteiger partial charge is 0.253 e. The fourth-order valence-corrected chi connectivity index (χ4v) is 3.57. The Morgan fingerprint density at radius 2 is 2.12 bits per heavy atom. The Morgan fingerprint density at radius 1 is 1.36 bits per heavy atom. The van der Waals surface area contributed by atoms with Crippen LogP contribution >= 0.6 is 11.6 Å². The number of hydrogen-bond donors (Lipinski definition) is 1. The average molecular weight is 369 g/mol. The molecule has 1 aromatic carbocycles. The van der Waals surface area contributed by atoms with Crippen LogP contribution in [0, 0.1) is 0 Å². The lowest BCUT2D eigenvalue weighted by atomic mass is 10.0. The predicted octanol–water partition coefficient (Wildman–Crippen LogP) is 2.40. The van der Waals surface area contributed by atoms with Crippen molar-refractivity contribution in [3.05, 3.63) is 22.7 Å². The van der Waals surface area contributed by atoms with Crippen LogP contribution in [0.2, 0.25) is 5.02 Å². The summed E-state index contributed by atoms with van der Waals surface area (Å²) in [5, 5.41) is 3.70. The molecular weight excluding hydrogens is 344 g/mol. The van der Waals surface area contributed by atoms with E-state index in [0.29, 0.717) is 29.7 Å². The second-order valence-electron chi connectivity index (χ2n) is 6.45. The number of morpholine rings is 1. The van der Waals surface area contributed by atoms with Gasteiger partial charge in [-0.05, 0) is 37.5 Å². The van der Waals surface area contributed by atoms with Gasteiger partial charge in [0.1, 0.15) is 6.10 Å². The van der Waals surface area contributed by atoms with Crippen LogP contribution in [0.5, 0.6) is 11.5 Å². The number of nitrogens with zero attached hydrogens (tertiary/aromatic N) is 1. The van der Waals surface area contributed by atoms with Gasteiger partial charge in [0, 0.05) is 19.1 Å². The topological polar surface area (TPSA) is 60.0 Å². The molecule has 3 rings (SSSR count). The predicted molar refractivity (Wildman–Crippen MR) is 95.4 cm³/mol. The lowest BCUT2D eigenvalue weighted by Gasteiger charge is -2.34. The molecule has 7 heteroatoms. The molecule has 0 radical (unpaired) electrons. The number of carbonyl (C=O) groups excluding carboxylic acids is 1. The molecule has 0 aromatic heterocycles. The molecule has 2 aliphatic rings. The summed E-state index contributed by atoms with van der Waals surface area (Å²) in [6, 6.07) is 3.87. The third-order valence-corrected chi connectivity index (χ3v) is 5.03. The van der Waals surface area contributed by atoms with E-state index in [-0.39, 0.29) is 18.0 Å². The highest BCUT2D eigenvalue weighted by Gasteiger charge is 2.40. The maximum Gasteiger partial charge on any atom is 0.253 e. The van der Waals surface area contributed by atoms with Crippen LogP contribution in [0.25, 0.3) is 0 Å². The molecule has 138 valence electrons. The molecule has 0 bridgehead atoms. The van der Waals surface area contributed by atoms with Gasteiger partial charge >= 0.3 is 0 Å². The summed E-state index contributed by atoms with van der Waals surface area (Å²) in [6.45, 7) is 3.92. The van der Waals surface area contributed by atoms with E-state index in [1.54, 1.807) is 14.2 Å². The number of rotatable bonds is 6. The van der Waals surface area contributed by atoms with Crippen molar-refractivity contribution < 1.29 is 19.0 Å². The van der Waals surface area contributed by atoms with Gasteiger partial charge in [-0.25, -0.2) is 0 Å². The third-order valence-electron chi connectivity index (χ3n) is 4.75. The first-order valence-corrected chi connectivity index (χ1v) is 9.00. The van der Waals surface area contributed by atoms with Gasteiger partial charge in [0.2, 0.25) is 0 Å². The molecule has 0 spiro atoms. The Bertz CT molecular complexity index is 630. The number of methoxy groups -OCH3 is 2. The standard InChI is InChI=1S/C18H25ClN2O4/c1-11(12-8-14(19)17(24-3)15(9-12)23-2)21(13-4-5-13)18(22)16-10-20-6-7-25-16/h8-9,11,13,16,20H,4-7,10H2,1-3H3/t11-,16-/m1/s1. The molecule has 1 saturated carbocycles. The molecule has 1 aromatic rings. The van der Waals surface area contributed by atoms with Crippen LogP contribution in [0.1, 0.15) is 31.4 Å². The zero-order valence-electron chi connectivity index (χ0n) is 14.9. The zero-order chi connectivity index (χ0) is 18.0. The van der Waals surface area contributed by atoms with Gasteiger partial charge in [-0.2, -0.15) is 0 Å². The Morgan fingerprint density at radius 3 is 2.68 bits per heavy atom. The van der Waals surface area contributed by atoms with Gasteiger partial charge in [-0.1, -0.05) is 11.6 Å². The van der Waals surface area contributed by atoms with Crippen molar-refractivity contribution >= 4 is 17.5 Å². The van der Waals surface area contributed by atoms with E-state index in [1.807, 2.05) is 24.0 Å². The van der Waals surface area contributed by atoms with Crippen molar-refractivity contribution in [1.82, 2.24) is 10.2 Å². The average Bonchev–Trinajstić information content (AvgIpc) is 3.46. The van der Waals surface area contributed by atoms with E-state index in [0.717, 1.165) is 24.9 Å². The maximum atomic E-state index is 13.0. The molecule has 1 aliphatic heterocycles. The molecular formula is C18H25ClN2O4. The number of hydrogen-bond acceptors (Lipinski definition) is 5. The number of halogens is 1. The van der Waals surface area contributed by atoms with Crippen LogP contribution in [-0.4, -0.2) is 56.9 Å². The summed E-state index contributed by atoms with van der Waals surface area (Å²) < 4.78 is 16.4. The zero-order valence-corrected chi connectivity index (χ0v) is 15.6. The molecule has 1 heterocycles. The van der Waals surface area contributed by atoms with E-state index in [1.165, 1.54) is 0 Å². The minimum Gasteiger partial charge on any atom is -0.493 e. The highest BCUT2D eigenvalue weighted by Crippen LogP contribution is 2.41. The van der Waals surface area contributed by atoms with Crippen LogP contribution in [0.15, 0.2) is 12.1 Å². The summed E-state index contributed by atoms with van der Waals surface area (Å²) in [7, 11) is 3.13. The van der Waals surface area contributed by atoms with E-state index in [4.69, 9.17) is 25.8 Å². The number of amides is 1. The SMILES string of the molecule is COc1cc([C@@H](C)N(C(=O)[C@H]2CNCCO2)C2CC2)cc(Cl)c1OC. The van der Waals surface area contributed by atoms with Crippen molar-refractivity contribution in [2.24, 2.45) is 0 Å². The first kappa shape index (κ1) is 18.3. The molecule has 1 amide bonds. The summed E-state index contributed by atoms with van der Waals surface area (Å²) in [6.07, 6.45) is 1.63. The van der Waals surface area contributed by atoms with Crippen LogP contribution < -0.4 is 14.8 Å². The Hall–Kier alpha value is -1.50. The molecule has 1 saturated heterocycles. The highest BCUT2D eigenvalue weighted by molar-refractivity contribution is 6.32. The first-order valence-electron chi connectivity index (χ1n) is 8.62. The van der Waals surface area contributed by atoms with Crippen LogP contribution in [-0.2, 0) is 9.53 Å². The number of carbonyl (C=O) groups is 1. The van der Waals surface area contributed by atoms with E-state index in [9.17, 15) is 4.79 Å². The van der Waals surface area contributed by atoms with Crippen LogP contribution in [0.3, 0.4) is 0 Å². The maximum absolute atomic E-state index is 13.0. The highest BCUT2D eigenvalue weighted by atomic mass is 35.5. The minimum atomic E-state index is -0.424. The molecule has 25 heavy (non-hydrogen) atoms.